The molecular weight excluding hydrogens is 330 g/mol. The Morgan fingerprint density at radius 1 is 0.875 bits per heavy atom. The van der Waals surface area contributed by atoms with Crippen LogP contribution in [0.4, 0.5) is 8.78 Å². The predicted octanol–water partition coefficient (Wildman–Crippen LogP) is 4.41. The predicted molar refractivity (Wildman–Crippen MR) is 88.7 cm³/mol. The van der Waals surface area contributed by atoms with Crippen LogP contribution in [0.15, 0.2) is 53.7 Å². The molecule has 1 heterocycles. The number of hydrogen-bond acceptors (Lipinski definition) is 4. The molecule has 0 fully saturated rings. The first-order valence-corrected chi connectivity index (χ1v) is 8.38. The van der Waals surface area contributed by atoms with Crippen LogP contribution < -0.4 is 0 Å². The van der Waals surface area contributed by atoms with Crippen LogP contribution in [0.2, 0.25) is 0 Å². The number of thioether (sulfide) groups is 1. The van der Waals surface area contributed by atoms with Gasteiger partial charge in [-0.25, -0.2) is 13.5 Å². The van der Waals surface area contributed by atoms with Crippen molar-refractivity contribution in [2.75, 3.05) is 0 Å². The van der Waals surface area contributed by atoms with Crippen LogP contribution in [0.25, 0.3) is 0 Å². The molecule has 1 aromatic heterocycles. The molecule has 0 aliphatic carbocycles. The summed E-state index contributed by atoms with van der Waals surface area (Å²) in [7, 11) is 0. The van der Waals surface area contributed by atoms with E-state index in [1.807, 2.05) is 13.8 Å². The Balaban J connectivity index is 1.99. The zero-order chi connectivity index (χ0) is 17.1. The van der Waals surface area contributed by atoms with E-state index in [2.05, 4.69) is 15.5 Å². The van der Waals surface area contributed by atoms with Gasteiger partial charge in [-0.2, -0.15) is 0 Å². The van der Waals surface area contributed by atoms with Gasteiger partial charge in [0, 0.05) is 0 Å². The van der Waals surface area contributed by atoms with Gasteiger partial charge >= 0.3 is 0 Å². The summed E-state index contributed by atoms with van der Waals surface area (Å²) in [4.78, 5) is 0. The van der Waals surface area contributed by atoms with E-state index in [0.29, 0.717) is 5.16 Å². The molecule has 0 saturated carbocycles. The molecule has 2 aromatic carbocycles. The number of aromatic nitrogens is 4. The van der Waals surface area contributed by atoms with Gasteiger partial charge in [0.15, 0.2) is 0 Å². The summed E-state index contributed by atoms with van der Waals surface area (Å²) in [6.45, 7) is 3.98. The Morgan fingerprint density at radius 3 is 1.83 bits per heavy atom. The van der Waals surface area contributed by atoms with E-state index >= 15 is 0 Å². The van der Waals surface area contributed by atoms with Gasteiger partial charge in [-0.1, -0.05) is 36.0 Å². The second-order valence-electron chi connectivity index (χ2n) is 5.60. The summed E-state index contributed by atoms with van der Waals surface area (Å²) in [6.07, 6.45) is 0. The number of tetrazole rings is 1. The normalized spacial score (nSPS) is 11.4. The Bertz CT molecular complexity index is 755. The fourth-order valence-electron chi connectivity index (χ4n) is 2.30. The monoisotopic (exact) mass is 346 g/mol. The summed E-state index contributed by atoms with van der Waals surface area (Å²) in [5.74, 6) is -0.595. The smallest absolute Gasteiger partial charge is 0.210 e. The lowest BCUT2D eigenvalue weighted by Crippen LogP contribution is -2.06. The third-order valence-corrected chi connectivity index (χ3v) is 4.78. The minimum absolute atomic E-state index is 0.115. The molecule has 0 radical (unpaired) electrons. The van der Waals surface area contributed by atoms with Crippen LogP contribution in [0.1, 0.15) is 36.3 Å². The fourth-order valence-corrected chi connectivity index (χ4v) is 3.53. The molecule has 124 valence electrons. The van der Waals surface area contributed by atoms with E-state index in [1.165, 1.54) is 36.0 Å². The molecular formula is C17H16F2N4S. The van der Waals surface area contributed by atoms with E-state index in [-0.39, 0.29) is 22.9 Å². The van der Waals surface area contributed by atoms with Gasteiger partial charge in [0.1, 0.15) is 11.6 Å². The SMILES string of the molecule is CC(C)n1nnnc1SC(c1ccc(F)cc1)c1ccc(F)cc1. The number of rotatable bonds is 5. The maximum Gasteiger partial charge on any atom is 0.210 e. The van der Waals surface area contributed by atoms with Gasteiger partial charge in [0.25, 0.3) is 0 Å². The van der Waals surface area contributed by atoms with Crippen molar-refractivity contribution in [1.29, 1.82) is 0 Å². The first-order chi connectivity index (χ1) is 11.5. The van der Waals surface area contributed by atoms with E-state index in [0.717, 1.165) is 11.1 Å². The highest BCUT2D eigenvalue weighted by atomic mass is 32.2. The highest BCUT2D eigenvalue weighted by Gasteiger charge is 2.21. The van der Waals surface area contributed by atoms with Crippen molar-refractivity contribution in [3.05, 3.63) is 71.3 Å². The molecule has 3 aromatic rings. The first-order valence-electron chi connectivity index (χ1n) is 7.50. The number of nitrogens with zero attached hydrogens (tertiary/aromatic N) is 4. The second kappa shape index (κ2) is 7.09. The molecule has 0 amide bonds. The third-order valence-electron chi connectivity index (χ3n) is 3.52. The van der Waals surface area contributed by atoms with E-state index in [9.17, 15) is 8.78 Å². The van der Waals surface area contributed by atoms with Crippen LogP contribution in [-0.4, -0.2) is 20.2 Å². The van der Waals surface area contributed by atoms with Gasteiger partial charge in [0.05, 0.1) is 11.3 Å². The van der Waals surface area contributed by atoms with Crippen LogP contribution >= 0.6 is 11.8 Å². The molecule has 0 unspecified atom stereocenters. The fraction of sp³-hybridized carbons (Fsp3) is 0.235. The topological polar surface area (TPSA) is 43.6 Å². The van der Waals surface area contributed by atoms with Crippen molar-refractivity contribution in [1.82, 2.24) is 20.2 Å². The molecule has 0 bridgehead atoms. The second-order valence-corrected chi connectivity index (χ2v) is 6.67. The van der Waals surface area contributed by atoms with Crippen molar-refractivity contribution in [3.63, 3.8) is 0 Å². The molecule has 0 atom stereocenters. The Labute approximate surface area is 142 Å². The quantitative estimate of drug-likeness (QED) is 0.642. The van der Waals surface area contributed by atoms with Gasteiger partial charge in [-0.3, -0.25) is 0 Å². The minimum Gasteiger partial charge on any atom is -0.218 e. The third kappa shape index (κ3) is 3.62. The summed E-state index contributed by atoms with van der Waals surface area (Å²) in [6, 6.07) is 12.7. The van der Waals surface area contributed by atoms with E-state index in [1.54, 1.807) is 28.9 Å². The van der Waals surface area contributed by atoms with Crippen LogP contribution in [-0.2, 0) is 0 Å². The largest absolute Gasteiger partial charge is 0.218 e. The average Bonchev–Trinajstić information content (AvgIpc) is 3.03. The Kier molecular flexibility index (Phi) is 4.89. The highest BCUT2D eigenvalue weighted by Crippen LogP contribution is 2.40. The summed E-state index contributed by atoms with van der Waals surface area (Å²) in [5, 5.41) is 12.3. The van der Waals surface area contributed by atoms with Gasteiger partial charge in [0.2, 0.25) is 5.16 Å². The molecule has 0 saturated heterocycles. The molecule has 4 nitrogen and oxygen atoms in total. The lowest BCUT2D eigenvalue weighted by Gasteiger charge is -2.18. The van der Waals surface area contributed by atoms with Crippen molar-refractivity contribution in [3.8, 4) is 0 Å². The first kappa shape index (κ1) is 16.6. The van der Waals surface area contributed by atoms with Crippen LogP contribution in [0.3, 0.4) is 0 Å². The number of hydrogen-bond donors (Lipinski definition) is 0. The van der Waals surface area contributed by atoms with E-state index < -0.39 is 0 Å². The zero-order valence-electron chi connectivity index (χ0n) is 13.2. The maximum atomic E-state index is 13.3. The number of benzene rings is 2. The van der Waals surface area contributed by atoms with Gasteiger partial charge < -0.3 is 0 Å². The van der Waals surface area contributed by atoms with E-state index in [4.69, 9.17) is 0 Å². The molecule has 0 spiro atoms. The van der Waals surface area contributed by atoms with Gasteiger partial charge in [-0.05, 0) is 59.7 Å². The van der Waals surface area contributed by atoms with Crippen LogP contribution in [0, 0.1) is 11.6 Å². The highest BCUT2D eigenvalue weighted by molar-refractivity contribution is 7.99. The minimum atomic E-state index is -0.298. The Morgan fingerprint density at radius 2 is 1.38 bits per heavy atom. The van der Waals surface area contributed by atoms with Gasteiger partial charge in [-0.15, -0.1) is 5.10 Å². The van der Waals surface area contributed by atoms with Crippen molar-refractivity contribution in [2.45, 2.75) is 30.3 Å². The molecule has 0 N–H and O–H groups in total. The van der Waals surface area contributed by atoms with Crippen LogP contribution in [0.5, 0.6) is 0 Å². The van der Waals surface area contributed by atoms with Crippen molar-refractivity contribution in [2.24, 2.45) is 0 Å². The molecule has 0 aliphatic rings. The molecule has 7 heteroatoms. The summed E-state index contributed by atoms with van der Waals surface area (Å²) < 4.78 is 28.2. The average molecular weight is 346 g/mol. The van der Waals surface area contributed by atoms with Crippen molar-refractivity contribution >= 4 is 11.8 Å². The molecule has 3 rings (SSSR count). The number of halogens is 2. The summed E-state index contributed by atoms with van der Waals surface area (Å²) >= 11 is 1.45. The standard InChI is InChI=1S/C17H16F2N4S/c1-11(2)23-17(20-21-22-23)24-16(12-3-7-14(18)8-4-12)13-5-9-15(19)10-6-13/h3-11,16H,1-2H3. The maximum absolute atomic E-state index is 13.3. The van der Waals surface area contributed by atoms with Crippen molar-refractivity contribution < 1.29 is 8.78 Å². The lowest BCUT2D eigenvalue weighted by atomic mass is 10.0. The summed E-state index contributed by atoms with van der Waals surface area (Å²) in [5.41, 5.74) is 1.79. The molecule has 24 heavy (non-hydrogen) atoms. The molecule has 0 aliphatic heterocycles. The Hall–Kier alpha value is -2.28. The lowest BCUT2D eigenvalue weighted by molar-refractivity contribution is 0.477. The zero-order valence-corrected chi connectivity index (χ0v) is 14.0.